The van der Waals surface area contributed by atoms with Crippen LogP contribution in [0.15, 0.2) is 21.8 Å². The van der Waals surface area contributed by atoms with E-state index >= 15 is 0 Å². The van der Waals surface area contributed by atoms with Gasteiger partial charge in [0.05, 0.1) is 19.5 Å². The number of hydrogen-bond donors (Lipinski definition) is 1. The quantitative estimate of drug-likeness (QED) is 0.803. The smallest absolute Gasteiger partial charge is 0.246 e. The van der Waals surface area contributed by atoms with Crippen LogP contribution in [0.3, 0.4) is 0 Å². The lowest BCUT2D eigenvalue weighted by atomic mass is 9.94. The first-order valence-electron chi connectivity index (χ1n) is 8.37. The number of methoxy groups -OCH3 is 1. The van der Waals surface area contributed by atoms with Gasteiger partial charge in [0.2, 0.25) is 21.8 Å². The number of aromatic nitrogens is 3. The molecule has 0 aliphatic heterocycles. The lowest BCUT2D eigenvalue weighted by Crippen LogP contribution is -2.40. The highest BCUT2D eigenvalue weighted by Crippen LogP contribution is 2.26. The summed E-state index contributed by atoms with van der Waals surface area (Å²) < 4.78 is 43.7. The van der Waals surface area contributed by atoms with Crippen molar-refractivity contribution in [3.05, 3.63) is 23.8 Å². The van der Waals surface area contributed by atoms with Crippen LogP contribution >= 0.6 is 0 Å². The van der Waals surface area contributed by atoms with Crippen molar-refractivity contribution in [2.75, 3.05) is 7.11 Å². The lowest BCUT2D eigenvalue weighted by Gasteiger charge is -2.28. The fourth-order valence-corrected chi connectivity index (χ4v) is 4.73. The van der Waals surface area contributed by atoms with E-state index in [1.54, 1.807) is 13.8 Å². The molecule has 142 valence electrons. The van der Waals surface area contributed by atoms with E-state index in [9.17, 15) is 8.42 Å². The molecule has 1 aliphatic carbocycles. The molecule has 0 unspecified atom stereocenters. The number of nitrogens with zero attached hydrogens (tertiary/aromatic N) is 3. The van der Waals surface area contributed by atoms with E-state index in [0.717, 1.165) is 0 Å². The maximum Gasteiger partial charge on any atom is 0.246 e. The highest BCUT2D eigenvalue weighted by Gasteiger charge is 2.30. The van der Waals surface area contributed by atoms with Gasteiger partial charge in [0.15, 0.2) is 5.76 Å². The van der Waals surface area contributed by atoms with Crippen molar-refractivity contribution < 1.29 is 22.4 Å². The third-order valence-corrected chi connectivity index (χ3v) is 6.08. The minimum Gasteiger partial charge on any atom is -0.480 e. The summed E-state index contributed by atoms with van der Waals surface area (Å²) in [5, 5.41) is 3.71. The molecule has 0 spiro atoms. The minimum atomic E-state index is -3.65. The summed E-state index contributed by atoms with van der Waals surface area (Å²) in [7, 11) is -2.13. The summed E-state index contributed by atoms with van der Waals surface area (Å²) in [6, 6.07) is -0.148. The average Bonchev–Trinajstić information content (AvgIpc) is 2.96. The van der Waals surface area contributed by atoms with Crippen LogP contribution in [-0.4, -0.2) is 42.8 Å². The first-order chi connectivity index (χ1) is 12.4. The summed E-state index contributed by atoms with van der Waals surface area (Å²) in [6.45, 7) is 3.21. The van der Waals surface area contributed by atoms with E-state index in [4.69, 9.17) is 14.0 Å². The molecule has 0 radical (unpaired) electrons. The number of aryl methyl sites for hydroxylation is 2. The Morgan fingerprint density at radius 2 is 1.85 bits per heavy atom. The standard InChI is InChI=1S/C16H22N4O5S/c1-10-16(11(2)25-19-10)26(21,22)20-12-4-6-13(7-5-12)24-15-9-17-8-14(18-15)23-3/h8-9,12-13,20H,4-7H2,1-3H3. The minimum absolute atomic E-state index is 0.0313. The number of rotatable bonds is 6. The Morgan fingerprint density at radius 1 is 1.15 bits per heavy atom. The van der Waals surface area contributed by atoms with E-state index in [2.05, 4.69) is 19.8 Å². The van der Waals surface area contributed by atoms with Crippen LogP contribution in [0.4, 0.5) is 0 Å². The molecule has 0 saturated heterocycles. The predicted molar refractivity (Wildman–Crippen MR) is 91.6 cm³/mol. The van der Waals surface area contributed by atoms with Gasteiger partial charge < -0.3 is 14.0 Å². The Labute approximate surface area is 152 Å². The Balaban J connectivity index is 1.57. The molecular weight excluding hydrogens is 360 g/mol. The summed E-state index contributed by atoms with van der Waals surface area (Å²) >= 11 is 0. The zero-order valence-corrected chi connectivity index (χ0v) is 15.7. The molecular formula is C16H22N4O5S. The van der Waals surface area contributed by atoms with Gasteiger partial charge in [-0.15, -0.1) is 0 Å². The Morgan fingerprint density at radius 3 is 2.46 bits per heavy atom. The molecule has 0 atom stereocenters. The predicted octanol–water partition coefficient (Wildman–Crippen LogP) is 1.76. The summed E-state index contributed by atoms with van der Waals surface area (Å²) in [5.74, 6) is 1.09. The van der Waals surface area contributed by atoms with Crippen LogP contribution in [0.25, 0.3) is 0 Å². The van der Waals surface area contributed by atoms with Gasteiger partial charge in [0.1, 0.15) is 16.7 Å². The van der Waals surface area contributed by atoms with Gasteiger partial charge in [-0.25, -0.2) is 13.1 Å². The second-order valence-corrected chi connectivity index (χ2v) is 7.92. The van der Waals surface area contributed by atoms with E-state index in [0.29, 0.717) is 48.9 Å². The van der Waals surface area contributed by atoms with Gasteiger partial charge in [-0.2, -0.15) is 4.98 Å². The topological polar surface area (TPSA) is 116 Å². The van der Waals surface area contributed by atoms with Crippen LogP contribution in [0.5, 0.6) is 11.8 Å². The fourth-order valence-electron chi connectivity index (χ4n) is 3.09. The molecule has 1 N–H and O–H groups in total. The van der Waals surface area contributed by atoms with Crippen LogP contribution in [0.1, 0.15) is 37.1 Å². The van der Waals surface area contributed by atoms with Gasteiger partial charge in [0, 0.05) is 6.04 Å². The van der Waals surface area contributed by atoms with Crippen molar-refractivity contribution in [2.45, 2.75) is 56.6 Å². The molecule has 1 aliphatic rings. The third-order valence-electron chi connectivity index (χ3n) is 4.32. The molecule has 0 bridgehead atoms. The molecule has 10 heteroatoms. The first kappa shape index (κ1) is 18.6. The molecule has 0 aromatic carbocycles. The molecule has 9 nitrogen and oxygen atoms in total. The van der Waals surface area contributed by atoms with Gasteiger partial charge in [-0.3, -0.25) is 4.98 Å². The molecule has 3 rings (SSSR count). The Kier molecular flexibility index (Phi) is 5.42. The molecule has 1 fully saturated rings. The zero-order chi connectivity index (χ0) is 18.7. The van der Waals surface area contributed by atoms with Gasteiger partial charge >= 0.3 is 0 Å². The molecule has 2 aromatic rings. The largest absolute Gasteiger partial charge is 0.480 e. The van der Waals surface area contributed by atoms with Crippen molar-refractivity contribution in [3.63, 3.8) is 0 Å². The maximum atomic E-state index is 12.6. The monoisotopic (exact) mass is 382 g/mol. The third kappa shape index (κ3) is 4.13. The molecule has 0 amide bonds. The van der Waals surface area contributed by atoms with Crippen LogP contribution in [0.2, 0.25) is 0 Å². The van der Waals surface area contributed by atoms with Crippen molar-refractivity contribution in [2.24, 2.45) is 0 Å². The van der Waals surface area contributed by atoms with Crippen LogP contribution in [-0.2, 0) is 10.0 Å². The van der Waals surface area contributed by atoms with Crippen molar-refractivity contribution in [3.8, 4) is 11.8 Å². The van der Waals surface area contributed by atoms with Crippen molar-refractivity contribution >= 4 is 10.0 Å². The second-order valence-electron chi connectivity index (χ2n) is 6.27. The molecule has 2 heterocycles. The summed E-state index contributed by atoms with van der Waals surface area (Å²) in [6.07, 6.45) is 5.79. The average molecular weight is 382 g/mol. The van der Waals surface area contributed by atoms with Gasteiger partial charge in [-0.1, -0.05) is 5.16 Å². The Bertz CT molecular complexity index is 840. The van der Waals surface area contributed by atoms with Crippen LogP contribution in [0, 0.1) is 13.8 Å². The normalized spacial score (nSPS) is 20.7. The van der Waals surface area contributed by atoms with E-state index in [-0.39, 0.29) is 17.0 Å². The molecule has 26 heavy (non-hydrogen) atoms. The zero-order valence-electron chi connectivity index (χ0n) is 14.9. The SMILES string of the molecule is COc1cncc(OC2CCC(NS(=O)(=O)c3c(C)noc3C)CC2)n1. The number of sulfonamides is 1. The molecule has 1 saturated carbocycles. The van der Waals surface area contributed by atoms with Gasteiger partial charge in [-0.05, 0) is 39.5 Å². The first-order valence-corrected chi connectivity index (χ1v) is 9.85. The number of ether oxygens (including phenoxy) is 2. The second kappa shape index (κ2) is 7.58. The molecule has 2 aromatic heterocycles. The highest BCUT2D eigenvalue weighted by molar-refractivity contribution is 7.89. The summed E-state index contributed by atoms with van der Waals surface area (Å²) in [5.41, 5.74) is 0.364. The Hall–Kier alpha value is -2.20. The van der Waals surface area contributed by atoms with Crippen LogP contribution < -0.4 is 14.2 Å². The number of hydrogen-bond acceptors (Lipinski definition) is 8. The maximum absolute atomic E-state index is 12.6. The van der Waals surface area contributed by atoms with E-state index in [1.165, 1.54) is 19.5 Å². The van der Waals surface area contributed by atoms with Crippen molar-refractivity contribution in [1.29, 1.82) is 0 Å². The lowest BCUT2D eigenvalue weighted by molar-refractivity contribution is 0.136. The summed E-state index contributed by atoms with van der Waals surface area (Å²) in [4.78, 5) is 8.32. The fraction of sp³-hybridized carbons (Fsp3) is 0.562. The van der Waals surface area contributed by atoms with E-state index < -0.39 is 10.0 Å². The highest BCUT2D eigenvalue weighted by atomic mass is 32.2. The van der Waals surface area contributed by atoms with E-state index in [1.807, 2.05) is 0 Å². The number of nitrogens with one attached hydrogen (secondary N) is 1. The van der Waals surface area contributed by atoms with Crippen molar-refractivity contribution in [1.82, 2.24) is 19.8 Å². The van der Waals surface area contributed by atoms with Gasteiger partial charge in [0.25, 0.3) is 0 Å².